The van der Waals surface area contributed by atoms with Gasteiger partial charge in [-0.1, -0.05) is 0 Å². The van der Waals surface area contributed by atoms with E-state index in [2.05, 4.69) is 4.99 Å². The van der Waals surface area contributed by atoms with Gasteiger partial charge in [0, 0.05) is 6.07 Å². The third-order valence-electron chi connectivity index (χ3n) is 1.40. The average Bonchev–Trinajstić information content (AvgIpc) is 2.11. The summed E-state index contributed by atoms with van der Waals surface area (Å²) in [4.78, 5) is 21.6. The number of rotatable bonds is 2. The van der Waals surface area contributed by atoms with E-state index in [1.165, 1.54) is 0 Å². The van der Waals surface area contributed by atoms with E-state index in [-0.39, 0.29) is 0 Å². The zero-order valence-electron chi connectivity index (χ0n) is 6.53. The van der Waals surface area contributed by atoms with Crippen molar-refractivity contribution in [2.45, 2.75) is 0 Å². The van der Waals surface area contributed by atoms with Gasteiger partial charge in [0.15, 0.2) is 11.5 Å². The number of hydrogen-bond acceptors (Lipinski definition) is 4. The molecule has 1 aromatic rings. The molecule has 1 aromatic carbocycles. The molecular formula is C7H2F2N2O3. The first-order valence-corrected chi connectivity index (χ1v) is 3.28. The normalized spacial score (nSPS) is 9.29. The molecule has 7 heteroatoms. The SMILES string of the molecule is O=C=Nc1c(F)ccc([N+](=O)[O-])c1F. The topological polar surface area (TPSA) is 72.6 Å². The van der Waals surface area contributed by atoms with Crippen LogP contribution < -0.4 is 0 Å². The van der Waals surface area contributed by atoms with Gasteiger partial charge < -0.3 is 0 Å². The lowest BCUT2D eigenvalue weighted by Gasteiger charge is -1.97. The van der Waals surface area contributed by atoms with E-state index < -0.39 is 27.9 Å². The highest BCUT2D eigenvalue weighted by atomic mass is 19.1. The maximum Gasteiger partial charge on any atom is 0.307 e. The number of nitro groups is 1. The third-order valence-corrected chi connectivity index (χ3v) is 1.40. The highest BCUT2D eigenvalue weighted by molar-refractivity contribution is 5.55. The molecule has 0 N–H and O–H groups in total. The van der Waals surface area contributed by atoms with Crippen LogP contribution in [0, 0.1) is 21.7 Å². The summed E-state index contributed by atoms with van der Waals surface area (Å²) in [5.41, 5.74) is -1.95. The van der Waals surface area contributed by atoms with Gasteiger partial charge in [0.1, 0.15) is 0 Å². The Hall–Kier alpha value is -2.14. The number of nitro benzene ring substituents is 1. The van der Waals surface area contributed by atoms with Crippen molar-refractivity contribution in [2.24, 2.45) is 4.99 Å². The number of carbonyl (C=O) groups excluding carboxylic acids is 1. The second-order valence-corrected chi connectivity index (χ2v) is 2.19. The molecule has 1 rings (SSSR count). The fourth-order valence-electron chi connectivity index (χ4n) is 0.819. The first kappa shape index (κ1) is 9.94. The number of isocyanates is 1. The Morgan fingerprint density at radius 1 is 1.43 bits per heavy atom. The Balaban J connectivity index is 3.48. The maximum atomic E-state index is 13.0. The van der Waals surface area contributed by atoms with Gasteiger partial charge in [-0.2, -0.15) is 9.38 Å². The summed E-state index contributed by atoms with van der Waals surface area (Å²) in [7, 11) is 0. The highest BCUT2D eigenvalue weighted by Crippen LogP contribution is 2.28. The van der Waals surface area contributed by atoms with Crippen LogP contribution >= 0.6 is 0 Å². The van der Waals surface area contributed by atoms with Gasteiger partial charge in [0.05, 0.1) is 4.92 Å². The Kier molecular flexibility index (Phi) is 2.64. The summed E-state index contributed by atoms with van der Waals surface area (Å²) in [6, 6.07) is 1.30. The third kappa shape index (κ3) is 1.62. The molecule has 0 bridgehead atoms. The number of aliphatic imine (C=N–C) groups is 1. The van der Waals surface area contributed by atoms with Crippen LogP contribution in [0.15, 0.2) is 17.1 Å². The van der Waals surface area contributed by atoms with Gasteiger partial charge in [-0.05, 0) is 6.07 Å². The second kappa shape index (κ2) is 3.71. The summed E-state index contributed by atoms with van der Waals surface area (Å²) >= 11 is 0. The number of benzene rings is 1. The Morgan fingerprint density at radius 3 is 2.57 bits per heavy atom. The Bertz CT molecular complexity index is 441. The number of nitrogens with zero attached hydrogens (tertiary/aromatic N) is 2. The largest absolute Gasteiger partial charge is 0.307 e. The molecule has 0 heterocycles. The first-order chi connectivity index (χ1) is 6.57. The van der Waals surface area contributed by atoms with Gasteiger partial charge in [0.2, 0.25) is 11.9 Å². The molecule has 0 aliphatic heterocycles. The zero-order chi connectivity index (χ0) is 10.7. The molecule has 0 aromatic heterocycles. The van der Waals surface area contributed by atoms with Crippen LogP contribution in [0.4, 0.5) is 20.2 Å². The van der Waals surface area contributed by atoms with E-state index in [4.69, 9.17) is 0 Å². The lowest BCUT2D eigenvalue weighted by Crippen LogP contribution is -1.94. The van der Waals surface area contributed by atoms with E-state index in [1.807, 2.05) is 0 Å². The standard InChI is InChI=1S/C7H2F2N2O3/c8-4-1-2-5(11(13)14)6(9)7(4)10-3-12/h1-2H. The Morgan fingerprint density at radius 2 is 2.07 bits per heavy atom. The van der Waals surface area contributed by atoms with Crippen molar-refractivity contribution in [1.82, 2.24) is 0 Å². The molecule has 0 aliphatic carbocycles. The van der Waals surface area contributed by atoms with Gasteiger partial charge >= 0.3 is 5.69 Å². The van der Waals surface area contributed by atoms with E-state index in [9.17, 15) is 23.7 Å². The highest BCUT2D eigenvalue weighted by Gasteiger charge is 2.20. The van der Waals surface area contributed by atoms with E-state index in [0.717, 1.165) is 6.08 Å². The summed E-state index contributed by atoms with van der Waals surface area (Å²) in [5, 5.41) is 10.2. The molecule has 0 aliphatic rings. The quantitative estimate of drug-likeness (QED) is 0.316. The van der Waals surface area contributed by atoms with Crippen molar-refractivity contribution in [2.75, 3.05) is 0 Å². The smallest absolute Gasteiger partial charge is 0.258 e. The fraction of sp³-hybridized carbons (Fsp3) is 0. The molecular weight excluding hydrogens is 198 g/mol. The predicted molar refractivity (Wildman–Crippen MR) is 40.8 cm³/mol. The fourth-order valence-corrected chi connectivity index (χ4v) is 0.819. The molecule has 14 heavy (non-hydrogen) atoms. The van der Waals surface area contributed by atoms with E-state index in [0.29, 0.717) is 12.1 Å². The van der Waals surface area contributed by atoms with Crippen molar-refractivity contribution in [1.29, 1.82) is 0 Å². The molecule has 0 saturated carbocycles. The van der Waals surface area contributed by atoms with Crippen molar-refractivity contribution < 1.29 is 18.5 Å². The van der Waals surface area contributed by atoms with E-state index in [1.54, 1.807) is 0 Å². The van der Waals surface area contributed by atoms with Crippen molar-refractivity contribution in [3.63, 3.8) is 0 Å². The average molecular weight is 200 g/mol. The van der Waals surface area contributed by atoms with Crippen LogP contribution in [0.3, 0.4) is 0 Å². The lowest BCUT2D eigenvalue weighted by atomic mass is 10.2. The van der Waals surface area contributed by atoms with Crippen LogP contribution in [0.2, 0.25) is 0 Å². The van der Waals surface area contributed by atoms with Crippen molar-refractivity contribution in [3.8, 4) is 0 Å². The summed E-state index contributed by atoms with van der Waals surface area (Å²) < 4.78 is 25.8. The van der Waals surface area contributed by atoms with Crippen LogP contribution in [0.5, 0.6) is 0 Å². The van der Waals surface area contributed by atoms with Gasteiger partial charge in [-0.3, -0.25) is 10.1 Å². The van der Waals surface area contributed by atoms with Crippen molar-refractivity contribution in [3.05, 3.63) is 33.9 Å². The summed E-state index contributed by atoms with van der Waals surface area (Å²) in [6.45, 7) is 0. The summed E-state index contributed by atoms with van der Waals surface area (Å²) in [6.07, 6.45) is 0.904. The second-order valence-electron chi connectivity index (χ2n) is 2.19. The van der Waals surface area contributed by atoms with Crippen LogP contribution in [-0.2, 0) is 4.79 Å². The molecule has 72 valence electrons. The number of halogens is 2. The number of hydrogen-bond donors (Lipinski definition) is 0. The van der Waals surface area contributed by atoms with Gasteiger partial charge in [-0.25, -0.2) is 9.18 Å². The van der Waals surface area contributed by atoms with Crippen LogP contribution in [0.25, 0.3) is 0 Å². The molecule has 0 radical (unpaired) electrons. The van der Waals surface area contributed by atoms with Crippen molar-refractivity contribution >= 4 is 17.5 Å². The predicted octanol–water partition coefficient (Wildman–Crippen LogP) is 1.84. The molecule has 0 atom stereocenters. The monoisotopic (exact) mass is 200 g/mol. The zero-order valence-corrected chi connectivity index (χ0v) is 6.53. The molecule has 0 unspecified atom stereocenters. The van der Waals surface area contributed by atoms with Crippen LogP contribution in [0.1, 0.15) is 0 Å². The minimum Gasteiger partial charge on any atom is -0.258 e. The molecule has 0 saturated heterocycles. The Labute approximate surface area is 75.8 Å². The minimum absolute atomic E-state index is 0.647. The van der Waals surface area contributed by atoms with Crippen LogP contribution in [-0.4, -0.2) is 11.0 Å². The summed E-state index contributed by atoms with van der Waals surface area (Å²) in [5.74, 6) is -2.64. The lowest BCUT2D eigenvalue weighted by molar-refractivity contribution is -0.387. The molecule has 0 spiro atoms. The molecule has 0 amide bonds. The molecule has 5 nitrogen and oxygen atoms in total. The maximum absolute atomic E-state index is 13.0. The minimum atomic E-state index is -1.49. The van der Waals surface area contributed by atoms with E-state index >= 15 is 0 Å². The van der Waals surface area contributed by atoms with Gasteiger partial charge in [0.25, 0.3) is 0 Å². The molecule has 0 fully saturated rings. The van der Waals surface area contributed by atoms with Gasteiger partial charge in [-0.15, -0.1) is 0 Å². The first-order valence-electron chi connectivity index (χ1n) is 3.28.